The summed E-state index contributed by atoms with van der Waals surface area (Å²) >= 11 is 0. The average molecular weight is 365 g/mol. The molecule has 0 aromatic carbocycles. The maximum absolute atomic E-state index is 12.7. The van der Waals surface area contributed by atoms with E-state index in [-0.39, 0.29) is 11.0 Å². The highest BCUT2D eigenvalue weighted by Gasteiger charge is 2.44. The first-order valence-electron chi connectivity index (χ1n) is 10.2. The van der Waals surface area contributed by atoms with Crippen molar-refractivity contribution < 1.29 is 0 Å². The van der Waals surface area contributed by atoms with Crippen molar-refractivity contribution in [2.75, 3.05) is 26.2 Å². The minimum atomic E-state index is 0.0384. The molecule has 0 bridgehead atoms. The maximum Gasteiger partial charge on any atom is 0.254 e. The number of likely N-dealkylation sites (tertiary alicyclic amines) is 1. The van der Waals surface area contributed by atoms with E-state index in [0.29, 0.717) is 5.82 Å². The second kappa shape index (κ2) is 6.84. The number of hydrogen-bond acceptors (Lipinski definition) is 5. The van der Waals surface area contributed by atoms with Crippen LogP contribution in [0.5, 0.6) is 0 Å². The molecule has 142 valence electrons. The summed E-state index contributed by atoms with van der Waals surface area (Å²) in [4.78, 5) is 27.5. The molecule has 2 fully saturated rings. The summed E-state index contributed by atoms with van der Waals surface area (Å²) in [5.41, 5.74) is 2.99. The zero-order valence-electron chi connectivity index (χ0n) is 15.7. The summed E-state index contributed by atoms with van der Waals surface area (Å²) < 4.78 is 0. The predicted octanol–water partition coefficient (Wildman–Crippen LogP) is 1.86. The van der Waals surface area contributed by atoms with Gasteiger partial charge >= 0.3 is 0 Å². The van der Waals surface area contributed by atoms with Gasteiger partial charge in [-0.3, -0.25) is 9.78 Å². The van der Waals surface area contributed by atoms with Crippen LogP contribution in [0.15, 0.2) is 29.3 Å². The maximum atomic E-state index is 12.7. The zero-order chi connectivity index (χ0) is 18.3. The van der Waals surface area contributed by atoms with Crippen LogP contribution in [0.1, 0.15) is 43.4 Å². The summed E-state index contributed by atoms with van der Waals surface area (Å²) in [6.45, 7) is 4.53. The summed E-state index contributed by atoms with van der Waals surface area (Å²) in [7, 11) is 0. The fraction of sp³-hybridized carbons (Fsp3) is 0.571. The van der Waals surface area contributed by atoms with E-state index in [1.54, 1.807) is 12.4 Å². The van der Waals surface area contributed by atoms with Crippen LogP contribution in [0.2, 0.25) is 0 Å². The normalized spacial score (nSPS) is 22.8. The Morgan fingerprint density at radius 2 is 1.96 bits per heavy atom. The van der Waals surface area contributed by atoms with Gasteiger partial charge in [0.05, 0.1) is 5.69 Å². The third-order valence-corrected chi connectivity index (χ3v) is 6.89. The number of hydrogen-bond donors (Lipinski definition) is 2. The van der Waals surface area contributed by atoms with Crippen LogP contribution in [0, 0.1) is 0 Å². The molecular formula is C21H27N5O. The molecule has 1 aliphatic carbocycles. The Morgan fingerprint density at radius 1 is 1.15 bits per heavy atom. The second-order valence-corrected chi connectivity index (χ2v) is 8.28. The Bertz CT molecular complexity index is 864. The zero-order valence-corrected chi connectivity index (χ0v) is 15.7. The first kappa shape index (κ1) is 17.1. The van der Waals surface area contributed by atoms with Crippen molar-refractivity contribution in [2.24, 2.45) is 0 Å². The summed E-state index contributed by atoms with van der Waals surface area (Å²) in [5.74, 6) is 0.661. The standard InChI is InChI=1S/C21H27N5O/c27-20-17-3-6-21(7-12-26(13-8-21)16-4-10-22-11-5-16)18(17)24-19(25-20)15-2-1-9-23-14-15/h1-2,9,14,16,22H,3-8,10-13H2,(H,24,25,27). The molecule has 4 heterocycles. The quantitative estimate of drug-likeness (QED) is 0.850. The second-order valence-electron chi connectivity index (χ2n) is 8.28. The summed E-state index contributed by atoms with van der Waals surface area (Å²) in [5, 5.41) is 3.46. The number of fused-ring (bicyclic) bond motifs is 2. The lowest BCUT2D eigenvalue weighted by molar-refractivity contribution is 0.0949. The van der Waals surface area contributed by atoms with Crippen LogP contribution in [0.4, 0.5) is 0 Å². The van der Waals surface area contributed by atoms with Crippen LogP contribution < -0.4 is 10.9 Å². The van der Waals surface area contributed by atoms with Crippen molar-refractivity contribution in [1.82, 2.24) is 25.2 Å². The molecule has 2 N–H and O–H groups in total. The molecule has 0 amide bonds. The van der Waals surface area contributed by atoms with E-state index >= 15 is 0 Å². The van der Waals surface area contributed by atoms with Crippen molar-refractivity contribution in [3.63, 3.8) is 0 Å². The van der Waals surface area contributed by atoms with Gasteiger partial charge < -0.3 is 15.2 Å². The molecule has 2 saturated heterocycles. The molecule has 2 aromatic heterocycles. The minimum Gasteiger partial charge on any atom is -0.317 e. The fourth-order valence-corrected chi connectivity index (χ4v) is 5.27. The number of aromatic amines is 1. The molecule has 6 nitrogen and oxygen atoms in total. The smallest absolute Gasteiger partial charge is 0.254 e. The van der Waals surface area contributed by atoms with Gasteiger partial charge in [0.2, 0.25) is 0 Å². The fourth-order valence-electron chi connectivity index (χ4n) is 5.27. The predicted molar refractivity (Wildman–Crippen MR) is 105 cm³/mol. The lowest BCUT2D eigenvalue weighted by atomic mass is 9.75. The lowest BCUT2D eigenvalue weighted by Gasteiger charge is -2.43. The van der Waals surface area contributed by atoms with E-state index in [4.69, 9.17) is 4.98 Å². The molecule has 5 rings (SSSR count). The lowest BCUT2D eigenvalue weighted by Crippen LogP contribution is -2.49. The Morgan fingerprint density at radius 3 is 2.70 bits per heavy atom. The topological polar surface area (TPSA) is 73.9 Å². The molecule has 0 unspecified atom stereocenters. The third kappa shape index (κ3) is 3.01. The van der Waals surface area contributed by atoms with Crippen LogP contribution in [0.3, 0.4) is 0 Å². The molecule has 27 heavy (non-hydrogen) atoms. The highest BCUT2D eigenvalue weighted by molar-refractivity contribution is 5.54. The van der Waals surface area contributed by atoms with Crippen molar-refractivity contribution in [3.05, 3.63) is 46.1 Å². The van der Waals surface area contributed by atoms with Gasteiger partial charge in [-0.15, -0.1) is 0 Å². The van der Waals surface area contributed by atoms with E-state index in [9.17, 15) is 4.79 Å². The first-order chi connectivity index (χ1) is 13.3. The van der Waals surface area contributed by atoms with Crippen LogP contribution in [0.25, 0.3) is 11.4 Å². The Balaban J connectivity index is 1.43. The Hall–Kier alpha value is -2.05. The Labute approximate surface area is 159 Å². The van der Waals surface area contributed by atoms with E-state index in [1.165, 1.54) is 12.8 Å². The van der Waals surface area contributed by atoms with E-state index < -0.39 is 0 Å². The van der Waals surface area contributed by atoms with E-state index in [1.807, 2.05) is 12.1 Å². The summed E-state index contributed by atoms with van der Waals surface area (Å²) in [6.07, 6.45) is 10.2. The van der Waals surface area contributed by atoms with Crippen molar-refractivity contribution in [3.8, 4) is 11.4 Å². The molecule has 2 aromatic rings. The van der Waals surface area contributed by atoms with Crippen molar-refractivity contribution >= 4 is 0 Å². The van der Waals surface area contributed by atoms with E-state index in [2.05, 4.69) is 20.2 Å². The highest BCUT2D eigenvalue weighted by Crippen LogP contribution is 2.45. The van der Waals surface area contributed by atoms with Gasteiger partial charge in [0, 0.05) is 35.0 Å². The molecular weight excluding hydrogens is 338 g/mol. The number of nitrogens with one attached hydrogen (secondary N) is 2. The largest absolute Gasteiger partial charge is 0.317 e. The SMILES string of the molecule is O=c1[nH]c(-c2cccnc2)nc2c1CCC21CCN(C2CCNCC2)CC1. The van der Waals surface area contributed by atoms with Crippen LogP contribution in [-0.2, 0) is 11.8 Å². The first-order valence-corrected chi connectivity index (χ1v) is 10.2. The average Bonchev–Trinajstić information content (AvgIpc) is 3.08. The highest BCUT2D eigenvalue weighted by atomic mass is 16.1. The molecule has 0 atom stereocenters. The van der Waals surface area contributed by atoms with Crippen LogP contribution in [-0.4, -0.2) is 52.1 Å². The number of nitrogens with zero attached hydrogens (tertiary/aromatic N) is 3. The van der Waals surface area contributed by atoms with Gasteiger partial charge in [0.15, 0.2) is 0 Å². The molecule has 6 heteroatoms. The third-order valence-electron chi connectivity index (χ3n) is 6.89. The number of aromatic nitrogens is 3. The number of pyridine rings is 1. The van der Waals surface area contributed by atoms with Crippen molar-refractivity contribution in [2.45, 2.75) is 50.0 Å². The number of piperidine rings is 2. The van der Waals surface area contributed by atoms with Gasteiger partial charge in [-0.1, -0.05) is 0 Å². The van der Waals surface area contributed by atoms with Gasteiger partial charge in [-0.05, 0) is 76.8 Å². The monoisotopic (exact) mass is 365 g/mol. The molecule has 0 radical (unpaired) electrons. The molecule has 3 aliphatic rings. The number of H-pyrrole nitrogens is 1. The van der Waals surface area contributed by atoms with Gasteiger partial charge in [0.25, 0.3) is 5.56 Å². The molecule has 1 spiro atoms. The van der Waals surface area contributed by atoms with Gasteiger partial charge in [-0.25, -0.2) is 4.98 Å². The Kier molecular flexibility index (Phi) is 4.32. The van der Waals surface area contributed by atoms with E-state index in [0.717, 1.165) is 74.7 Å². The summed E-state index contributed by atoms with van der Waals surface area (Å²) in [6, 6.07) is 4.57. The van der Waals surface area contributed by atoms with Crippen LogP contribution >= 0.6 is 0 Å². The van der Waals surface area contributed by atoms with Gasteiger partial charge in [0.1, 0.15) is 5.82 Å². The molecule has 2 aliphatic heterocycles. The molecule has 0 saturated carbocycles. The van der Waals surface area contributed by atoms with Crippen molar-refractivity contribution in [1.29, 1.82) is 0 Å². The minimum absolute atomic E-state index is 0.0384. The van der Waals surface area contributed by atoms with Gasteiger partial charge in [-0.2, -0.15) is 0 Å². The number of rotatable bonds is 2.